The smallest absolute Gasteiger partial charge is 0.230 e. The first-order valence-electron chi connectivity index (χ1n) is 5.55. The Morgan fingerprint density at radius 3 is 2.33 bits per heavy atom. The largest absolute Gasteiger partial charge is 0.353 e. The Balaban J connectivity index is 3.66. The summed E-state index contributed by atoms with van der Waals surface area (Å²) in [6.07, 6.45) is 1.99. The summed E-state index contributed by atoms with van der Waals surface area (Å²) in [6.45, 7) is 8.12. The highest BCUT2D eigenvalue weighted by Crippen LogP contribution is 2.09. The Morgan fingerprint density at radius 1 is 1.40 bits per heavy atom. The van der Waals surface area contributed by atoms with Crippen LogP contribution in [0.1, 0.15) is 40.5 Å². The molecule has 0 aromatic rings. The lowest BCUT2D eigenvalue weighted by Gasteiger charge is -2.18. The predicted octanol–water partition coefficient (Wildman–Crippen LogP) is 1.76. The average Bonchev–Trinajstić information content (AvgIpc) is 2.12. The van der Waals surface area contributed by atoms with Gasteiger partial charge in [0.05, 0.1) is 5.75 Å². The molecular formula is C11H24N2OS. The maximum Gasteiger partial charge on any atom is 0.230 e. The van der Waals surface area contributed by atoms with Gasteiger partial charge in [0.15, 0.2) is 0 Å². The Kier molecular flexibility index (Phi) is 7.02. The van der Waals surface area contributed by atoms with Crippen molar-refractivity contribution in [1.29, 1.82) is 0 Å². The number of carbonyl (C=O) groups excluding carboxylic acids is 1. The number of carbonyl (C=O) groups is 1. The van der Waals surface area contributed by atoms with Crippen LogP contribution in [-0.2, 0) is 4.79 Å². The highest BCUT2D eigenvalue weighted by Gasteiger charge is 2.13. The molecule has 15 heavy (non-hydrogen) atoms. The number of thioether (sulfide) groups is 1. The molecule has 0 unspecified atom stereocenters. The van der Waals surface area contributed by atoms with Gasteiger partial charge < -0.3 is 11.1 Å². The summed E-state index contributed by atoms with van der Waals surface area (Å²) in [7, 11) is 0. The van der Waals surface area contributed by atoms with E-state index < -0.39 is 0 Å². The molecule has 3 nitrogen and oxygen atoms in total. The van der Waals surface area contributed by atoms with Crippen molar-refractivity contribution >= 4 is 17.7 Å². The minimum Gasteiger partial charge on any atom is -0.353 e. The third kappa shape index (κ3) is 8.75. The van der Waals surface area contributed by atoms with E-state index in [9.17, 15) is 4.79 Å². The minimum atomic E-state index is -0.195. The fraction of sp³-hybridized carbons (Fsp3) is 0.909. The van der Waals surface area contributed by atoms with E-state index in [0.717, 1.165) is 18.6 Å². The number of amides is 1. The van der Waals surface area contributed by atoms with Crippen LogP contribution in [0.3, 0.4) is 0 Å². The van der Waals surface area contributed by atoms with Gasteiger partial charge in [0.1, 0.15) is 0 Å². The lowest BCUT2D eigenvalue weighted by Crippen LogP contribution is -2.37. The molecule has 90 valence electrons. The highest BCUT2D eigenvalue weighted by molar-refractivity contribution is 8.00. The normalized spacial score (nSPS) is 11.9. The third-order valence-electron chi connectivity index (χ3n) is 2.06. The summed E-state index contributed by atoms with van der Waals surface area (Å²) >= 11 is 1.59. The molecule has 0 aromatic carbocycles. The van der Waals surface area contributed by atoms with Crippen LogP contribution in [0.2, 0.25) is 0 Å². The van der Waals surface area contributed by atoms with Crippen LogP contribution in [0.4, 0.5) is 0 Å². The Hall–Kier alpha value is -0.220. The van der Waals surface area contributed by atoms with Crippen molar-refractivity contribution in [1.82, 2.24) is 5.32 Å². The van der Waals surface area contributed by atoms with Gasteiger partial charge in [-0.2, -0.15) is 11.8 Å². The van der Waals surface area contributed by atoms with Gasteiger partial charge in [-0.1, -0.05) is 13.8 Å². The van der Waals surface area contributed by atoms with E-state index in [1.807, 2.05) is 13.8 Å². The van der Waals surface area contributed by atoms with Crippen LogP contribution in [0.5, 0.6) is 0 Å². The SMILES string of the molecule is CCC(CC)NC(=O)CSCC(C)(C)N. The number of rotatable bonds is 7. The second kappa shape index (κ2) is 7.12. The molecule has 4 heteroatoms. The zero-order valence-electron chi connectivity index (χ0n) is 10.3. The number of hydrogen-bond donors (Lipinski definition) is 2. The van der Waals surface area contributed by atoms with Crippen LogP contribution in [0.15, 0.2) is 0 Å². The summed E-state index contributed by atoms with van der Waals surface area (Å²) in [6, 6.07) is 0.323. The van der Waals surface area contributed by atoms with Crippen LogP contribution < -0.4 is 11.1 Å². The van der Waals surface area contributed by atoms with Gasteiger partial charge in [0.2, 0.25) is 5.91 Å². The van der Waals surface area contributed by atoms with Gasteiger partial charge in [-0.3, -0.25) is 4.79 Å². The van der Waals surface area contributed by atoms with Crippen molar-refractivity contribution in [3.8, 4) is 0 Å². The summed E-state index contributed by atoms with van der Waals surface area (Å²) < 4.78 is 0. The Bertz CT molecular complexity index is 186. The molecule has 0 aromatic heterocycles. The maximum atomic E-state index is 11.5. The van der Waals surface area contributed by atoms with Crippen molar-refractivity contribution in [2.45, 2.75) is 52.1 Å². The van der Waals surface area contributed by atoms with Crippen molar-refractivity contribution < 1.29 is 4.79 Å². The molecule has 3 N–H and O–H groups in total. The van der Waals surface area contributed by atoms with Crippen LogP contribution in [0.25, 0.3) is 0 Å². The molecule has 0 saturated carbocycles. The van der Waals surface area contributed by atoms with Gasteiger partial charge in [-0.25, -0.2) is 0 Å². The van der Waals surface area contributed by atoms with Crippen LogP contribution in [-0.4, -0.2) is 29.0 Å². The first-order chi connectivity index (χ1) is 6.89. The van der Waals surface area contributed by atoms with Gasteiger partial charge >= 0.3 is 0 Å². The fourth-order valence-corrected chi connectivity index (χ4v) is 2.07. The van der Waals surface area contributed by atoms with Gasteiger partial charge in [-0.15, -0.1) is 0 Å². The molecule has 0 bridgehead atoms. The van der Waals surface area contributed by atoms with E-state index >= 15 is 0 Å². The highest BCUT2D eigenvalue weighted by atomic mass is 32.2. The van der Waals surface area contributed by atoms with Gasteiger partial charge in [-0.05, 0) is 26.7 Å². The second-order valence-corrected chi connectivity index (χ2v) is 5.55. The molecule has 0 rings (SSSR count). The Morgan fingerprint density at radius 2 is 1.93 bits per heavy atom. The molecule has 0 radical (unpaired) electrons. The first kappa shape index (κ1) is 14.8. The van der Waals surface area contributed by atoms with Crippen molar-refractivity contribution in [2.24, 2.45) is 5.73 Å². The van der Waals surface area contributed by atoms with E-state index in [4.69, 9.17) is 5.73 Å². The second-order valence-electron chi connectivity index (χ2n) is 4.56. The quantitative estimate of drug-likeness (QED) is 0.703. The summed E-state index contributed by atoms with van der Waals surface area (Å²) in [4.78, 5) is 11.5. The van der Waals surface area contributed by atoms with Crippen LogP contribution >= 0.6 is 11.8 Å². The lowest BCUT2D eigenvalue weighted by molar-refractivity contribution is -0.119. The molecule has 0 spiro atoms. The third-order valence-corrected chi connectivity index (χ3v) is 3.47. The number of nitrogens with two attached hydrogens (primary N) is 1. The molecule has 0 saturated heterocycles. The summed E-state index contributed by atoms with van der Waals surface area (Å²) in [5.74, 6) is 1.44. The molecule has 0 atom stereocenters. The fourth-order valence-electron chi connectivity index (χ4n) is 1.17. The Labute approximate surface area is 97.6 Å². The maximum absolute atomic E-state index is 11.5. The van der Waals surface area contributed by atoms with Crippen molar-refractivity contribution in [3.63, 3.8) is 0 Å². The van der Waals surface area contributed by atoms with Crippen LogP contribution in [0, 0.1) is 0 Å². The molecule has 0 fully saturated rings. The molecule has 0 aliphatic rings. The molecule has 0 aliphatic carbocycles. The molecule has 0 heterocycles. The zero-order valence-corrected chi connectivity index (χ0v) is 11.1. The van der Waals surface area contributed by atoms with Gasteiger partial charge in [0.25, 0.3) is 0 Å². The van der Waals surface area contributed by atoms with Gasteiger partial charge in [0, 0.05) is 17.3 Å². The number of nitrogens with one attached hydrogen (secondary N) is 1. The van der Waals surface area contributed by atoms with E-state index in [1.165, 1.54) is 0 Å². The summed E-state index contributed by atoms with van der Waals surface area (Å²) in [5.41, 5.74) is 5.63. The number of hydrogen-bond acceptors (Lipinski definition) is 3. The van der Waals surface area contributed by atoms with E-state index in [2.05, 4.69) is 19.2 Å². The lowest BCUT2D eigenvalue weighted by atomic mass is 10.1. The van der Waals surface area contributed by atoms with E-state index in [0.29, 0.717) is 11.8 Å². The van der Waals surface area contributed by atoms with Crippen molar-refractivity contribution in [2.75, 3.05) is 11.5 Å². The minimum absolute atomic E-state index is 0.123. The van der Waals surface area contributed by atoms with E-state index in [1.54, 1.807) is 11.8 Å². The standard InChI is InChI=1S/C11H24N2OS/c1-5-9(6-2)13-10(14)7-15-8-11(3,4)12/h9H,5-8,12H2,1-4H3,(H,13,14). The molecule has 1 amide bonds. The average molecular weight is 232 g/mol. The zero-order chi connectivity index (χ0) is 11.9. The first-order valence-corrected chi connectivity index (χ1v) is 6.70. The predicted molar refractivity (Wildman–Crippen MR) is 68.1 cm³/mol. The molecular weight excluding hydrogens is 208 g/mol. The van der Waals surface area contributed by atoms with E-state index in [-0.39, 0.29) is 11.4 Å². The summed E-state index contributed by atoms with van der Waals surface area (Å²) in [5, 5.41) is 3.00. The van der Waals surface area contributed by atoms with Crippen molar-refractivity contribution in [3.05, 3.63) is 0 Å². The molecule has 0 aliphatic heterocycles. The topological polar surface area (TPSA) is 55.1 Å². The monoisotopic (exact) mass is 232 g/mol.